The van der Waals surface area contributed by atoms with Crippen LogP contribution in [-0.4, -0.2) is 87.5 Å². The first-order valence-electron chi connectivity index (χ1n) is 20.4. The lowest BCUT2D eigenvalue weighted by Crippen LogP contribution is -2.44. The molecule has 3 aromatic heterocycles. The summed E-state index contributed by atoms with van der Waals surface area (Å²) in [4.78, 5) is 57.2. The molecule has 59 heavy (non-hydrogen) atoms. The van der Waals surface area contributed by atoms with Gasteiger partial charge in [0.15, 0.2) is 5.88 Å². The second kappa shape index (κ2) is 22.1. The molecule has 3 amide bonds. The van der Waals surface area contributed by atoms with Crippen LogP contribution in [0.2, 0.25) is 0 Å². The maximum Gasteiger partial charge on any atom is 0.407 e. The van der Waals surface area contributed by atoms with Crippen LogP contribution in [0.5, 0.6) is 0 Å². The largest absolute Gasteiger partial charge is 0.483 e. The first-order valence-corrected chi connectivity index (χ1v) is 20.4. The molecule has 14 heteroatoms. The zero-order valence-electron chi connectivity index (χ0n) is 35.5. The Balaban J connectivity index is 0.000000895. The number of ether oxygens (including phenoxy) is 2. The molecule has 5 aromatic rings. The fraction of sp³-hybridized carbons (Fsp3) is 0.444. The molecule has 2 fully saturated rings. The molecule has 0 unspecified atom stereocenters. The molecule has 4 N–H and O–H groups in total. The van der Waals surface area contributed by atoms with Crippen LogP contribution in [0.4, 0.5) is 4.79 Å². The van der Waals surface area contributed by atoms with Gasteiger partial charge in [-0.2, -0.15) is 0 Å². The number of piperidine rings is 1. The van der Waals surface area contributed by atoms with E-state index in [4.69, 9.17) is 14.1 Å². The fourth-order valence-corrected chi connectivity index (χ4v) is 7.45. The summed E-state index contributed by atoms with van der Waals surface area (Å²) in [6, 6.07) is 12.3. The van der Waals surface area contributed by atoms with Gasteiger partial charge in [0.25, 0.3) is 0 Å². The molecule has 4 heterocycles. The number of likely N-dealkylation sites (tertiary alicyclic amines) is 1. The Morgan fingerprint density at radius 1 is 0.881 bits per heavy atom. The fourth-order valence-electron chi connectivity index (χ4n) is 7.45. The summed E-state index contributed by atoms with van der Waals surface area (Å²) in [5.41, 5.74) is 4.96. The summed E-state index contributed by atoms with van der Waals surface area (Å²) in [5.74, 6) is 1.94. The molecule has 1 aliphatic heterocycles. The van der Waals surface area contributed by atoms with Crippen molar-refractivity contribution in [2.75, 3.05) is 33.9 Å². The number of hydrogen-bond donors (Lipinski definition) is 4. The summed E-state index contributed by atoms with van der Waals surface area (Å²) in [6.07, 6.45) is 17.2. The van der Waals surface area contributed by atoms with Gasteiger partial charge in [0.2, 0.25) is 11.8 Å². The van der Waals surface area contributed by atoms with E-state index in [1.54, 1.807) is 11.1 Å². The van der Waals surface area contributed by atoms with Crippen molar-refractivity contribution in [2.24, 2.45) is 5.92 Å². The number of carbonyl (C=O) groups is 3. The second-order valence-electron chi connectivity index (χ2n) is 14.5. The smallest absolute Gasteiger partial charge is 0.407 e. The number of imidazole rings is 2. The molecule has 2 aliphatic rings. The quantitative estimate of drug-likeness (QED) is 0.0675. The number of rotatable bonds is 13. The molecule has 0 radical (unpaired) electrons. The van der Waals surface area contributed by atoms with Gasteiger partial charge in [-0.1, -0.05) is 59.6 Å². The normalized spacial score (nSPS) is 16.2. The van der Waals surface area contributed by atoms with Crippen LogP contribution >= 0.6 is 0 Å². The second-order valence-corrected chi connectivity index (χ2v) is 14.5. The maximum absolute atomic E-state index is 13.3. The summed E-state index contributed by atoms with van der Waals surface area (Å²) < 4.78 is 16.0. The van der Waals surface area contributed by atoms with E-state index in [2.05, 4.69) is 89.6 Å². The molecule has 7 rings (SSSR count). The van der Waals surface area contributed by atoms with E-state index in [1.165, 1.54) is 27.1 Å². The van der Waals surface area contributed by atoms with Gasteiger partial charge in [0.1, 0.15) is 29.4 Å². The molecule has 1 saturated heterocycles. The van der Waals surface area contributed by atoms with Gasteiger partial charge in [0, 0.05) is 34.5 Å². The number of nitrogens with one attached hydrogen (secondary N) is 4. The van der Waals surface area contributed by atoms with Gasteiger partial charge in [-0.05, 0) is 62.4 Å². The van der Waals surface area contributed by atoms with Crippen molar-refractivity contribution in [3.05, 3.63) is 72.9 Å². The third kappa shape index (κ3) is 11.0. The van der Waals surface area contributed by atoms with Gasteiger partial charge in [-0.25, -0.2) is 14.8 Å². The molecule has 14 nitrogen and oxygen atoms in total. The topological polar surface area (TPSA) is 171 Å². The molecule has 3 atom stereocenters. The predicted octanol–water partition coefficient (Wildman–Crippen LogP) is 8.30. The summed E-state index contributed by atoms with van der Waals surface area (Å²) in [7, 11) is 2.78. The van der Waals surface area contributed by atoms with Crippen LogP contribution in [0.3, 0.4) is 0 Å². The van der Waals surface area contributed by atoms with E-state index >= 15 is 0 Å². The van der Waals surface area contributed by atoms with Crippen molar-refractivity contribution >= 4 is 39.8 Å². The molecule has 1 aliphatic carbocycles. The highest BCUT2D eigenvalue weighted by Gasteiger charge is 2.49. The van der Waals surface area contributed by atoms with E-state index in [-0.39, 0.29) is 43.5 Å². The van der Waals surface area contributed by atoms with Gasteiger partial charge in [0.05, 0.1) is 57.1 Å². The Kier molecular flexibility index (Phi) is 17.0. The van der Waals surface area contributed by atoms with Crippen LogP contribution < -0.4 is 10.6 Å². The van der Waals surface area contributed by atoms with E-state index < -0.39 is 6.09 Å². The Bertz CT molecular complexity index is 2180. The molecule has 2 bridgehead atoms. The Morgan fingerprint density at radius 3 is 2.08 bits per heavy atom. The lowest BCUT2D eigenvalue weighted by molar-refractivity contribution is -0.135. The molecular weight excluding hydrogens is 749 g/mol. The molecule has 2 aromatic carbocycles. The number of terminal acetylenes is 1. The van der Waals surface area contributed by atoms with Crippen molar-refractivity contribution in [1.29, 1.82) is 0 Å². The van der Waals surface area contributed by atoms with Crippen molar-refractivity contribution in [3.63, 3.8) is 0 Å². The number of carbonyl (C=O) groups excluding carboxylic acids is 3. The van der Waals surface area contributed by atoms with Gasteiger partial charge in [-0.15, -0.1) is 12.8 Å². The lowest BCUT2D eigenvalue weighted by atomic mass is 9.98. The molecule has 1 saturated carbocycles. The van der Waals surface area contributed by atoms with Gasteiger partial charge < -0.3 is 44.3 Å². The number of hydrogen-bond acceptors (Lipinski definition) is 9. The zero-order valence-corrected chi connectivity index (χ0v) is 35.5. The van der Waals surface area contributed by atoms with Gasteiger partial charge >= 0.3 is 6.09 Å². The van der Waals surface area contributed by atoms with Gasteiger partial charge in [-0.3, -0.25) is 9.59 Å². The van der Waals surface area contributed by atoms with E-state index in [0.29, 0.717) is 24.2 Å². The summed E-state index contributed by atoms with van der Waals surface area (Å²) in [5, 5.41) is 7.38. The summed E-state index contributed by atoms with van der Waals surface area (Å²) in [6.45, 7) is 15.0. The Labute approximate surface area is 347 Å². The number of H-pyrrole nitrogens is 2. The first-order chi connectivity index (χ1) is 28.6. The molecule has 0 spiro atoms. The number of methoxy groups -OCH3 is 2. The zero-order chi connectivity index (χ0) is 43.1. The summed E-state index contributed by atoms with van der Waals surface area (Å²) >= 11 is 0. The van der Waals surface area contributed by atoms with Crippen LogP contribution in [0.1, 0.15) is 90.8 Å². The van der Waals surface area contributed by atoms with E-state index in [1.807, 2.05) is 42.3 Å². The number of fused-ring (bicyclic) bond motifs is 5. The average Bonchev–Trinajstić information content (AvgIpc) is 4.11. The Hall–Kier alpha value is -6.23. The number of nitrogens with zero attached hydrogens (tertiary/aromatic N) is 4. The van der Waals surface area contributed by atoms with Crippen molar-refractivity contribution in [2.45, 2.75) is 91.8 Å². The minimum absolute atomic E-state index is 0.0105. The van der Waals surface area contributed by atoms with E-state index in [0.717, 1.165) is 76.0 Å². The third-order valence-corrected chi connectivity index (χ3v) is 9.91. The third-order valence-electron chi connectivity index (χ3n) is 9.91. The van der Waals surface area contributed by atoms with E-state index in [9.17, 15) is 14.4 Å². The number of amides is 3. The highest BCUT2D eigenvalue weighted by Crippen LogP contribution is 2.49. The maximum atomic E-state index is 13.3. The molecule has 316 valence electrons. The van der Waals surface area contributed by atoms with Crippen LogP contribution in [-0.2, 0) is 25.6 Å². The Morgan fingerprint density at radius 2 is 1.49 bits per heavy atom. The SMILES string of the molecule is C#C.C=C(NCC(=O)N1[C@@H]2CC[C@@H](C2)[C@H]1c1ncc(-c2ccc3c(c2)oc2cc(-c4cnc(CN(CCC)C(=O)CNC(=O)OC)[nH]4)ccc23)[nH]1)OC.CCC.CCC. The number of aromatic nitrogens is 4. The number of alkyl carbamates (subject to hydrolysis) is 1. The highest BCUT2D eigenvalue weighted by molar-refractivity contribution is 6.06. The minimum Gasteiger partial charge on any atom is -0.483 e. The monoisotopic (exact) mass is 808 g/mol. The first kappa shape index (κ1) is 45.5. The van der Waals surface area contributed by atoms with Crippen LogP contribution in [0.25, 0.3) is 44.5 Å². The van der Waals surface area contributed by atoms with Crippen molar-refractivity contribution in [1.82, 2.24) is 40.4 Å². The minimum atomic E-state index is -0.653. The van der Waals surface area contributed by atoms with Crippen LogP contribution in [0.15, 0.2) is 65.7 Å². The van der Waals surface area contributed by atoms with Crippen molar-refractivity contribution < 1.29 is 28.3 Å². The number of benzene rings is 2. The predicted molar refractivity (Wildman–Crippen MR) is 232 cm³/mol. The number of furan rings is 1. The average molecular weight is 809 g/mol. The van der Waals surface area contributed by atoms with Crippen LogP contribution in [0, 0.1) is 18.8 Å². The van der Waals surface area contributed by atoms with Crippen molar-refractivity contribution in [3.8, 4) is 35.4 Å². The molecular formula is C45H60N8O6. The standard InChI is InChI=1S/C37H42N8O6.2C3H8.C2H2/c1-5-12-44(33(46)18-41-37(48)50-4)20-32-39-16-28(42-32)22-7-10-26-27-11-8-23(15-31(27)51-30(26)14-22)29-17-40-36(43-29)35-24-6-9-25(13-24)45(35)34(47)19-38-21(2)49-3;2*1-3-2;1-2/h7-8,10-11,14-17,24-25,35,38H,2,5-6,9,12-13,18-20H2,1,3-4H3,(H,39,42)(H,40,43)(H,41,48);2*3H2,1-2H3;1-2H/t24-,25+,35-;;;/m0.../s1. The number of aromatic amines is 2. The highest BCUT2D eigenvalue weighted by atomic mass is 16.5. The lowest BCUT2D eigenvalue weighted by Gasteiger charge is -2.34.